The molecule has 0 radical (unpaired) electrons. The van der Waals surface area contributed by atoms with Gasteiger partial charge in [-0.3, -0.25) is 4.90 Å². The summed E-state index contributed by atoms with van der Waals surface area (Å²) in [4.78, 5) is 14.1. The molecule has 6 nitrogen and oxygen atoms in total. The summed E-state index contributed by atoms with van der Waals surface area (Å²) >= 11 is 0. The van der Waals surface area contributed by atoms with Crippen molar-refractivity contribution in [1.82, 2.24) is 9.62 Å². The zero-order chi connectivity index (χ0) is 18.2. The van der Waals surface area contributed by atoms with Gasteiger partial charge in [0.05, 0.1) is 6.26 Å². The van der Waals surface area contributed by atoms with Crippen LogP contribution in [0, 0.1) is 13.8 Å². The number of benzene rings is 1. The second kappa shape index (κ2) is 6.90. The van der Waals surface area contributed by atoms with Gasteiger partial charge in [-0.05, 0) is 55.5 Å². The third-order valence-electron chi connectivity index (χ3n) is 4.81. The molecule has 0 aliphatic carbocycles. The smallest absolute Gasteiger partial charge is 0.336 e. The lowest BCUT2D eigenvalue weighted by Crippen LogP contribution is -2.44. The van der Waals surface area contributed by atoms with Crippen molar-refractivity contribution < 1.29 is 12.8 Å². The number of hydrogen-bond donors (Lipinski definition) is 1. The minimum atomic E-state index is -3.17. The normalized spacial score (nSPS) is 17.2. The van der Waals surface area contributed by atoms with Crippen molar-refractivity contribution in [3.8, 4) is 0 Å². The Balaban J connectivity index is 1.78. The van der Waals surface area contributed by atoms with E-state index in [1.54, 1.807) is 6.07 Å². The average molecular weight is 364 g/mol. The predicted molar refractivity (Wildman–Crippen MR) is 98.2 cm³/mol. The number of likely N-dealkylation sites (tertiary alicyclic amines) is 1. The molecule has 0 unspecified atom stereocenters. The molecule has 2 heterocycles. The summed E-state index contributed by atoms with van der Waals surface area (Å²) in [6.07, 6.45) is 2.73. The minimum Gasteiger partial charge on any atom is -0.423 e. The predicted octanol–water partition coefficient (Wildman–Crippen LogP) is 1.92. The van der Waals surface area contributed by atoms with Gasteiger partial charge in [0.2, 0.25) is 10.0 Å². The highest BCUT2D eigenvalue weighted by molar-refractivity contribution is 7.88. The summed E-state index contributed by atoms with van der Waals surface area (Å²) in [7, 11) is -3.17. The van der Waals surface area contributed by atoms with E-state index in [1.807, 2.05) is 19.9 Å². The van der Waals surface area contributed by atoms with E-state index in [0.29, 0.717) is 12.1 Å². The molecular weight excluding hydrogens is 340 g/mol. The van der Waals surface area contributed by atoms with Crippen molar-refractivity contribution in [2.24, 2.45) is 0 Å². The lowest BCUT2D eigenvalue weighted by molar-refractivity contribution is 0.200. The number of nitrogens with one attached hydrogen (secondary N) is 1. The zero-order valence-electron chi connectivity index (χ0n) is 14.8. The van der Waals surface area contributed by atoms with Crippen LogP contribution in [-0.4, -0.2) is 38.7 Å². The van der Waals surface area contributed by atoms with E-state index in [-0.39, 0.29) is 11.7 Å². The molecule has 0 amide bonds. The van der Waals surface area contributed by atoms with Crippen LogP contribution in [0.5, 0.6) is 0 Å². The number of piperidine rings is 1. The van der Waals surface area contributed by atoms with E-state index in [4.69, 9.17) is 4.42 Å². The molecule has 25 heavy (non-hydrogen) atoms. The number of sulfonamides is 1. The fourth-order valence-electron chi connectivity index (χ4n) is 3.37. The molecule has 3 rings (SSSR count). The summed E-state index contributed by atoms with van der Waals surface area (Å²) in [6.45, 7) is 6.29. The van der Waals surface area contributed by atoms with Gasteiger partial charge in [0.25, 0.3) is 0 Å². The van der Waals surface area contributed by atoms with Crippen LogP contribution in [0.25, 0.3) is 11.0 Å². The van der Waals surface area contributed by atoms with Crippen molar-refractivity contribution in [3.63, 3.8) is 0 Å². The molecule has 0 bridgehead atoms. The SMILES string of the molecule is Cc1cc2oc(=O)cc(CN3CCC(NS(C)(=O)=O)CC3)c2cc1C. The molecule has 1 N–H and O–H groups in total. The lowest BCUT2D eigenvalue weighted by Gasteiger charge is -2.32. The summed E-state index contributed by atoms with van der Waals surface area (Å²) in [5, 5.41) is 0.971. The van der Waals surface area contributed by atoms with Crippen molar-refractivity contribution in [1.29, 1.82) is 0 Å². The highest BCUT2D eigenvalue weighted by Gasteiger charge is 2.22. The molecule has 136 valence electrons. The van der Waals surface area contributed by atoms with Crippen LogP contribution in [0.2, 0.25) is 0 Å². The van der Waals surface area contributed by atoms with Gasteiger partial charge in [0.15, 0.2) is 0 Å². The Morgan fingerprint density at radius 1 is 1.16 bits per heavy atom. The van der Waals surface area contributed by atoms with Crippen molar-refractivity contribution in [2.45, 2.75) is 39.3 Å². The maximum absolute atomic E-state index is 11.9. The van der Waals surface area contributed by atoms with Gasteiger partial charge in [-0.15, -0.1) is 0 Å². The van der Waals surface area contributed by atoms with Crippen LogP contribution in [0.3, 0.4) is 0 Å². The van der Waals surface area contributed by atoms with E-state index < -0.39 is 10.0 Å². The van der Waals surface area contributed by atoms with E-state index in [2.05, 4.69) is 15.7 Å². The number of rotatable bonds is 4. The van der Waals surface area contributed by atoms with Crippen molar-refractivity contribution >= 4 is 21.0 Å². The summed E-state index contributed by atoms with van der Waals surface area (Å²) in [6, 6.07) is 5.55. The maximum atomic E-state index is 11.9. The van der Waals surface area contributed by atoms with Crippen LogP contribution in [-0.2, 0) is 16.6 Å². The quantitative estimate of drug-likeness (QED) is 0.839. The summed E-state index contributed by atoms with van der Waals surface area (Å²) in [5.74, 6) is 0. The molecule has 1 aliphatic rings. The van der Waals surface area contributed by atoms with Crippen LogP contribution >= 0.6 is 0 Å². The van der Waals surface area contributed by atoms with E-state index in [9.17, 15) is 13.2 Å². The van der Waals surface area contributed by atoms with Gasteiger partial charge in [0.1, 0.15) is 5.58 Å². The fraction of sp³-hybridized carbons (Fsp3) is 0.500. The number of hydrogen-bond acceptors (Lipinski definition) is 5. The molecule has 1 aromatic heterocycles. The standard InChI is InChI=1S/C18H24N2O4S/c1-12-8-16-14(10-18(21)24-17(16)9-13(12)2)11-20-6-4-15(5-7-20)19-25(3,22)23/h8-10,15,19H,4-7,11H2,1-3H3. The monoisotopic (exact) mass is 364 g/mol. The van der Waals surface area contributed by atoms with Crippen LogP contribution in [0.15, 0.2) is 27.4 Å². The Kier molecular flexibility index (Phi) is 4.99. The first-order chi connectivity index (χ1) is 11.7. The van der Waals surface area contributed by atoms with Gasteiger partial charge in [-0.2, -0.15) is 0 Å². The number of fused-ring (bicyclic) bond motifs is 1. The van der Waals surface area contributed by atoms with E-state index in [1.165, 1.54) is 11.8 Å². The van der Waals surface area contributed by atoms with Crippen molar-refractivity contribution in [2.75, 3.05) is 19.3 Å². The Morgan fingerprint density at radius 3 is 2.44 bits per heavy atom. The Labute approximate surface area is 147 Å². The highest BCUT2D eigenvalue weighted by Crippen LogP contribution is 2.23. The molecule has 7 heteroatoms. The largest absolute Gasteiger partial charge is 0.423 e. The first kappa shape index (κ1) is 18.1. The lowest BCUT2D eigenvalue weighted by atomic mass is 10.0. The molecule has 1 aromatic carbocycles. The van der Waals surface area contributed by atoms with Gasteiger partial charge in [-0.1, -0.05) is 0 Å². The maximum Gasteiger partial charge on any atom is 0.336 e. The first-order valence-electron chi connectivity index (χ1n) is 8.45. The summed E-state index contributed by atoms with van der Waals surface area (Å²) in [5.41, 5.74) is 3.52. The van der Waals surface area contributed by atoms with E-state index >= 15 is 0 Å². The van der Waals surface area contributed by atoms with Crippen LogP contribution < -0.4 is 10.3 Å². The molecule has 1 aliphatic heterocycles. The van der Waals surface area contributed by atoms with Gasteiger partial charge >= 0.3 is 5.63 Å². The molecule has 2 aromatic rings. The first-order valence-corrected chi connectivity index (χ1v) is 10.3. The third-order valence-corrected chi connectivity index (χ3v) is 5.57. The van der Waals surface area contributed by atoms with Crippen LogP contribution in [0.4, 0.5) is 0 Å². The second-order valence-corrected chi connectivity index (χ2v) is 8.74. The molecule has 0 atom stereocenters. The van der Waals surface area contributed by atoms with Gasteiger partial charge < -0.3 is 4.42 Å². The molecule has 1 saturated heterocycles. The van der Waals surface area contributed by atoms with Crippen molar-refractivity contribution in [3.05, 3.63) is 45.3 Å². The second-order valence-electron chi connectivity index (χ2n) is 6.96. The topological polar surface area (TPSA) is 79.6 Å². The Morgan fingerprint density at radius 2 is 1.80 bits per heavy atom. The van der Waals surface area contributed by atoms with Gasteiger partial charge in [-0.25, -0.2) is 17.9 Å². The molecule has 0 saturated carbocycles. The molecule has 1 fully saturated rings. The number of aryl methyl sites for hydroxylation is 2. The zero-order valence-corrected chi connectivity index (χ0v) is 15.6. The Bertz CT molecular complexity index is 941. The van der Waals surface area contributed by atoms with E-state index in [0.717, 1.165) is 42.4 Å². The van der Waals surface area contributed by atoms with Crippen LogP contribution in [0.1, 0.15) is 29.5 Å². The molecular formula is C18H24N2O4S. The summed E-state index contributed by atoms with van der Waals surface area (Å²) < 4.78 is 30.7. The fourth-order valence-corrected chi connectivity index (χ4v) is 4.21. The highest BCUT2D eigenvalue weighted by atomic mass is 32.2. The average Bonchev–Trinajstić information content (AvgIpc) is 2.50. The minimum absolute atomic E-state index is 0.00580. The third kappa shape index (κ3) is 4.48. The Hall–Kier alpha value is -1.70. The van der Waals surface area contributed by atoms with Gasteiger partial charge in [0, 0.05) is 37.1 Å². The molecule has 0 spiro atoms. The number of nitrogens with zero attached hydrogens (tertiary/aromatic N) is 1.